The Morgan fingerprint density at radius 2 is 2.11 bits per heavy atom. The first kappa shape index (κ1) is 18.6. The molecule has 0 aliphatic heterocycles. The van der Waals surface area contributed by atoms with Crippen molar-refractivity contribution in [3.05, 3.63) is 23.9 Å². The molecule has 0 radical (unpaired) electrons. The molecule has 1 amide bonds. The lowest BCUT2D eigenvalue weighted by Crippen LogP contribution is -2.19. The molecule has 1 aromatic rings. The Bertz CT molecular complexity index is 397. The summed E-state index contributed by atoms with van der Waals surface area (Å²) in [6.07, 6.45) is 0.0574. The van der Waals surface area contributed by atoms with Gasteiger partial charge in [0.15, 0.2) is 0 Å². The summed E-state index contributed by atoms with van der Waals surface area (Å²) in [5.74, 6) is 0.306. The molecule has 0 aliphatic carbocycles. The maximum Gasteiger partial charge on any atom is 0.465 e. The number of rotatable bonds is 4. The second-order valence-corrected chi connectivity index (χ2v) is 8.42. The van der Waals surface area contributed by atoms with Crippen molar-refractivity contribution in [2.45, 2.75) is 37.3 Å². The van der Waals surface area contributed by atoms with Crippen LogP contribution in [0.4, 0.5) is 10.6 Å². The van der Waals surface area contributed by atoms with E-state index >= 15 is 0 Å². The number of nitrogens with one attached hydrogen (secondary N) is 1. The zero-order valence-corrected chi connectivity index (χ0v) is 14.5. The van der Waals surface area contributed by atoms with E-state index in [-0.39, 0.29) is 18.2 Å². The third-order valence-electron chi connectivity index (χ3n) is 2.03. The highest BCUT2D eigenvalue weighted by molar-refractivity contribution is 9.23. The summed E-state index contributed by atoms with van der Waals surface area (Å²) >= 11 is 3.51. The van der Waals surface area contributed by atoms with E-state index in [4.69, 9.17) is 5.11 Å². The van der Waals surface area contributed by atoms with Crippen molar-refractivity contribution in [1.82, 2.24) is 4.98 Å². The molecule has 0 aliphatic rings. The highest BCUT2D eigenvalue weighted by atomic mass is 79.9. The SMILES string of the molecule is CC(C)(O)CCc1cccc(NC(=O)O)n1.[CH3][Mg][Br]. The molecule has 104 valence electrons. The average Bonchev–Trinajstić information content (AvgIpc) is 2.26. The molecule has 0 unspecified atom stereocenters. The maximum absolute atomic E-state index is 10.4. The fourth-order valence-corrected chi connectivity index (χ4v) is 1.23. The van der Waals surface area contributed by atoms with Crippen molar-refractivity contribution in [3.8, 4) is 0 Å². The quantitative estimate of drug-likeness (QED) is 0.734. The van der Waals surface area contributed by atoms with Crippen molar-refractivity contribution in [1.29, 1.82) is 0 Å². The topological polar surface area (TPSA) is 82.5 Å². The van der Waals surface area contributed by atoms with Gasteiger partial charge in [-0.05, 0) is 38.8 Å². The lowest BCUT2D eigenvalue weighted by molar-refractivity contribution is 0.0711. The Morgan fingerprint density at radius 3 is 2.58 bits per heavy atom. The van der Waals surface area contributed by atoms with Gasteiger partial charge in [0, 0.05) is 5.69 Å². The van der Waals surface area contributed by atoms with Crippen molar-refractivity contribution >= 4 is 43.0 Å². The minimum atomic E-state index is -1.13. The first-order chi connectivity index (χ1) is 8.78. The second kappa shape index (κ2) is 9.52. The van der Waals surface area contributed by atoms with E-state index in [1.165, 1.54) is 0 Å². The number of carbonyl (C=O) groups is 1. The van der Waals surface area contributed by atoms with Crippen LogP contribution in [-0.2, 0) is 6.42 Å². The van der Waals surface area contributed by atoms with Crippen molar-refractivity contribution < 1.29 is 15.0 Å². The number of amides is 1. The Balaban J connectivity index is 0.000000982. The first-order valence-corrected chi connectivity index (χ1v) is 11.3. The monoisotopic (exact) mass is 342 g/mol. The van der Waals surface area contributed by atoms with E-state index in [2.05, 4.69) is 28.2 Å². The van der Waals surface area contributed by atoms with Crippen LogP contribution in [0.3, 0.4) is 0 Å². The average molecular weight is 344 g/mol. The maximum atomic E-state index is 10.4. The minimum absolute atomic E-state index is 0.229. The number of nitrogens with zero attached hydrogens (tertiary/aromatic N) is 1. The normalized spacial score (nSPS) is 9.95. The van der Waals surface area contributed by atoms with E-state index in [0.717, 1.165) is 5.69 Å². The fourth-order valence-electron chi connectivity index (χ4n) is 1.23. The summed E-state index contributed by atoms with van der Waals surface area (Å²) in [5, 5.41) is 22.4. The van der Waals surface area contributed by atoms with Gasteiger partial charge >= 0.3 is 24.3 Å². The fraction of sp³-hybridized carbons (Fsp3) is 0.500. The summed E-state index contributed by atoms with van der Waals surface area (Å²) in [5.41, 5.74) is 0.0196. The molecule has 3 N–H and O–H groups in total. The second-order valence-electron chi connectivity index (χ2n) is 4.52. The summed E-state index contributed by atoms with van der Waals surface area (Å²) in [4.78, 5) is 14.5. The van der Waals surface area contributed by atoms with Crippen LogP contribution in [0.25, 0.3) is 0 Å². The van der Waals surface area contributed by atoms with Gasteiger partial charge in [0.2, 0.25) is 0 Å². The van der Waals surface area contributed by atoms with E-state index in [1.54, 1.807) is 32.0 Å². The van der Waals surface area contributed by atoms with Gasteiger partial charge in [-0.1, -0.05) is 6.07 Å². The predicted molar refractivity (Wildman–Crippen MR) is 81.0 cm³/mol. The molecule has 0 atom stereocenters. The molecule has 0 fully saturated rings. The van der Waals surface area contributed by atoms with E-state index in [0.29, 0.717) is 18.7 Å². The van der Waals surface area contributed by atoms with Gasteiger partial charge < -0.3 is 23.1 Å². The van der Waals surface area contributed by atoms with Crippen LogP contribution in [0.5, 0.6) is 0 Å². The van der Waals surface area contributed by atoms with Crippen LogP contribution in [0.2, 0.25) is 5.05 Å². The molecule has 19 heavy (non-hydrogen) atoms. The number of hydrogen-bond acceptors (Lipinski definition) is 3. The number of carboxylic acid groups (broad SMARTS) is 1. The summed E-state index contributed by atoms with van der Waals surface area (Å²) < 4.78 is 0. The molecule has 7 heteroatoms. The third-order valence-corrected chi connectivity index (χ3v) is 2.03. The number of aliphatic hydroxyl groups is 1. The molecule has 0 spiro atoms. The Hall–Kier alpha value is -0.374. The van der Waals surface area contributed by atoms with E-state index in [9.17, 15) is 9.90 Å². The molecular weight excluding hydrogens is 324 g/mol. The van der Waals surface area contributed by atoms with Crippen molar-refractivity contribution in [3.63, 3.8) is 0 Å². The lowest BCUT2D eigenvalue weighted by atomic mass is 10.0. The molecular formula is C12H19BrMgN2O3. The van der Waals surface area contributed by atoms with Crippen LogP contribution in [0, 0.1) is 0 Å². The third kappa shape index (κ3) is 11.2. The number of pyridine rings is 1. The first-order valence-electron chi connectivity index (χ1n) is 6.02. The van der Waals surface area contributed by atoms with Gasteiger partial charge in [-0.15, -0.1) is 5.05 Å². The van der Waals surface area contributed by atoms with Crippen LogP contribution in [0.15, 0.2) is 18.2 Å². The summed E-state index contributed by atoms with van der Waals surface area (Å²) in [7, 11) is 0. The highest BCUT2D eigenvalue weighted by Gasteiger charge is 2.12. The Kier molecular flexibility index (Phi) is 9.33. The largest absolute Gasteiger partial charge is 0.465 e. The number of anilines is 1. The molecule has 1 aromatic heterocycles. The molecule has 1 heterocycles. The van der Waals surface area contributed by atoms with Gasteiger partial charge in [0.1, 0.15) is 5.82 Å². The molecule has 1 rings (SSSR count). The highest BCUT2D eigenvalue weighted by Crippen LogP contribution is 2.13. The van der Waals surface area contributed by atoms with Gasteiger partial charge in [-0.25, -0.2) is 9.78 Å². The van der Waals surface area contributed by atoms with Crippen LogP contribution in [0.1, 0.15) is 26.0 Å². The van der Waals surface area contributed by atoms with Gasteiger partial charge in [0.25, 0.3) is 0 Å². The minimum Gasteiger partial charge on any atom is -0.465 e. The van der Waals surface area contributed by atoms with Crippen molar-refractivity contribution in [2.24, 2.45) is 0 Å². The predicted octanol–water partition coefficient (Wildman–Crippen LogP) is 2.92. The number of aromatic nitrogens is 1. The molecule has 0 saturated heterocycles. The Morgan fingerprint density at radius 1 is 1.53 bits per heavy atom. The number of hydrogen-bond donors (Lipinski definition) is 3. The van der Waals surface area contributed by atoms with Crippen LogP contribution in [-0.4, -0.2) is 45.1 Å². The van der Waals surface area contributed by atoms with Gasteiger partial charge in [-0.3, -0.25) is 5.32 Å². The zero-order chi connectivity index (χ0) is 14.9. The number of halogens is 1. The summed E-state index contributed by atoms with van der Waals surface area (Å²) in [6, 6.07) is 5.12. The smallest absolute Gasteiger partial charge is 0.465 e. The van der Waals surface area contributed by atoms with Crippen molar-refractivity contribution in [2.75, 3.05) is 5.32 Å². The molecule has 0 bridgehead atoms. The molecule has 0 aromatic carbocycles. The van der Waals surface area contributed by atoms with Crippen LogP contribution < -0.4 is 5.32 Å². The lowest BCUT2D eigenvalue weighted by Gasteiger charge is -2.16. The molecule has 5 nitrogen and oxygen atoms in total. The number of aryl methyl sites for hydroxylation is 1. The van der Waals surface area contributed by atoms with E-state index < -0.39 is 11.7 Å². The van der Waals surface area contributed by atoms with E-state index in [1.807, 2.05) is 0 Å². The zero-order valence-electron chi connectivity index (χ0n) is 11.5. The van der Waals surface area contributed by atoms with Gasteiger partial charge in [0.05, 0.1) is 5.60 Å². The standard InChI is InChI=1S/C11H16N2O3.CH3.BrH.Mg/c1-11(2,16)7-6-8-4-3-5-9(12-8)13-10(14)15;;;/h3-5,16H,6-7H2,1-2H3,(H,12,13)(H,14,15);1H3;1H;/q;;;+1/p-1. The van der Waals surface area contributed by atoms with Gasteiger partial charge in [-0.2, -0.15) is 0 Å². The summed E-state index contributed by atoms with van der Waals surface area (Å²) in [6.45, 7) is 3.46. The molecule has 0 saturated carbocycles. The van der Waals surface area contributed by atoms with Crippen LogP contribution >= 0.6 is 12.9 Å². The Labute approximate surface area is 129 Å².